The van der Waals surface area contributed by atoms with E-state index in [1.165, 1.54) is 0 Å². The van der Waals surface area contributed by atoms with E-state index in [1.807, 2.05) is 17.2 Å². The zero-order valence-electron chi connectivity index (χ0n) is 20.2. The van der Waals surface area contributed by atoms with Crippen LogP contribution < -0.4 is 5.32 Å². The van der Waals surface area contributed by atoms with Crippen molar-refractivity contribution in [3.8, 4) is 0 Å². The van der Waals surface area contributed by atoms with Gasteiger partial charge in [0.25, 0.3) is 0 Å². The molecule has 0 aliphatic carbocycles. The van der Waals surface area contributed by atoms with E-state index >= 15 is 0 Å². The normalized spacial score (nSPS) is 25.9. The van der Waals surface area contributed by atoms with Gasteiger partial charge in [0.1, 0.15) is 0 Å². The van der Waals surface area contributed by atoms with Crippen LogP contribution in [0.25, 0.3) is 0 Å². The van der Waals surface area contributed by atoms with E-state index in [0.717, 1.165) is 31.7 Å². The van der Waals surface area contributed by atoms with Gasteiger partial charge in [0.05, 0.1) is 5.60 Å². The Bertz CT molecular complexity index is 524. The standard InChI is InChI=1S/C21H40N2O5Si.V/c1-6-16(3)21(5,17(4)7-2)28-29-13-9-8-11-23-20(24)15-26-18-10-12-25-19(18)14-27-22;/h16-19H,6-15H2,1-5H3,(H,23,24);/i12T;. The summed E-state index contributed by atoms with van der Waals surface area (Å²) in [5.41, 5.74) is -0.0667. The van der Waals surface area contributed by atoms with E-state index in [-0.39, 0.29) is 36.9 Å². The van der Waals surface area contributed by atoms with Crippen molar-refractivity contribution in [1.82, 2.24) is 5.32 Å². The molecule has 1 heterocycles. The molecule has 1 rings (SSSR count). The number of carbonyl (C=O) groups excluding carboxylic acids is 1. The topological polar surface area (TPSA) is 78.4 Å². The Hall–Kier alpha value is -0.0887. The van der Waals surface area contributed by atoms with Crippen molar-refractivity contribution in [2.45, 2.75) is 90.6 Å². The van der Waals surface area contributed by atoms with Crippen molar-refractivity contribution in [3.05, 3.63) is 0 Å². The van der Waals surface area contributed by atoms with Gasteiger partial charge in [-0.1, -0.05) is 40.5 Å². The molecule has 0 spiro atoms. The quantitative estimate of drug-likeness (QED) is 0.195. The Morgan fingerprint density at radius 3 is 2.70 bits per heavy atom. The van der Waals surface area contributed by atoms with Gasteiger partial charge in [0.2, 0.25) is 9.76 Å². The van der Waals surface area contributed by atoms with Crippen LogP contribution in [0.5, 0.6) is 0 Å². The second-order valence-corrected chi connectivity index (χ2v) is 9.41. The molecule has 173 valence electrons. The molecule has 9 heteroatoms. The maximum atomic E-state index is 12.0. The summed E-state index contributed by atoms with van der Waals surface area (Å²) in [6.45, 7) is 11.4. The number of hydrogen-bond donors (Lipinski definition) is 1. The molecule has 1 aliphatic heterocycles. The van der Waals surface area contributed by atoms with E-state index in [4.69, 9.17) is 20.1 Å². The molecule has 1 N–H and O–H groups in total. The predicted octanol–water partition coefficient (Wildman–Crippen LogP) is 3.62. The Kier molecular flexibility index (Phi) is 13.7. The van der Waals surface area contributed by atoms with Crippen LogP contribution in [0, 0.1) is 11.8 Å². The van der Waals surface area contributed by atoms with Gasteiger partial charge in [0, 0.05) is 0 Å². The summed E-state index contributed by atoms with van der Waals surface area (Å²) in [6.07, 6.45) is 3.90. The molecular weight excluding hydrogens is 439 g/mol. The summed E-state index contributed by atoms with van der Waals surface area (Å²) in [6, 6.07) is 1.02. The van der Waals surface area contributed by atoms with E-state index < -0.39 is 6.58 Å². The average Bonchev–Trinajstić information content (AvgIpc) is 3.13. The van der Waals surface area contributed by atoms with Crippen molar-refractivity contribution < 1.29 is 42.1 Å². The van der Waals surface area contributed by atoms with Gasteiger partial charge >= 0.3 is 111 Å². The van der Waals surface area contributed by atoms with Gasteiger partial charge in [-0.2, -0.15) is 0 Å². The van der Waals surface area contributed by atoms with E-state index in [2.05, 4.69) is 43.9 Å². The van der Waals surface area contributed by atoms with Gasteiger partial charge in [-0.15, -0.1) is 0 Å². The molecule has 1 saturated heterocycles. The van der Waals surface area contributed by atoms with Crippen LogP contribution in [0.1, 0.15) is 68.1 Å². The molecule has 30 heavy (non-hydrogen) atoms. The summed E-state index contributed by atoms with van der Waals surface area (Å²) in [7, 11) is 0.489. The molecule has 1 amide bonds. The molecule has 7 nitrogen and oxygen atoms in total. The van der Waals surface area contributed by atoms with Crippen LogP contribution in [0.3, 0.4) is 0 Å². The number of unbranched alkanes of at least 4 members (excludes halogenated alkanes) is 1. The molecule has 2 radical (unpaired) electrons. The van der Waals surface area contributed by atoms with Crippen LogP contribution in [-0.2, 0) is 40.8 Å². The summed E-state index contributed by atoms with van der Waals surface area (Å²) < 4.78 is 28.7. The first-order valence-corrected chi connectivity index (χ1v) is 12.9. The van der Waals surface area contributed by atoms with Crippen LogP contribution in [0.2, 0.25) is 6.04 Å². The number of nitrogens with one attached hydrogen (secondary N) is 1. The molecule has 1 fully saturated rings. The zero-order chi connectivity index (χ0) is 23.3. The van der Waals surface area contributed by atoms with E-state index in [1.54, 1.807) is 0 Å². The van der Waals surface area contributed by atoms with Crippen LogP contribution in [-0.4, -0.2) is 59.8 Å². The summed E-state index contributed by atoms with van der Waals surface area (Å²) in [4.78, 5) is 17.0. The van der Waals surface area contributed by atoms with E-state index in [9.17, 15) is 4.79 Å². The number of amides is 1. The summed E-state index contributed by atoms with van der Waals surface area (Å²) in [5.74, 6) is 0.919. The molecule has 5 unspecified atom stereocenters. The first kappa shape index (κ1) is 26.2. The first-order valence-electron chi connectivity index (χ1n) is 11.7. The Labute approximate surface area is 195 Å². The van der Waals surface area contributed by atoms with Crippen molar-refractivity contribution >= 4 is 15.7 Å². The zero-order valence-corrected chi connectivity index (χ0v) is 21.6. The number of ether oxygens (including phenoxy) is 2. The third kappa shape index (κ3) is 9.59. The number of carbonyl (C=O) groups is 1. The summed E-state index contributed by atoms with van der Waals surface area (Å²) >= 11 is 1.97. The number of nitrogens with zero attached hydrogens (tertiary/aromatic N) is 1. The van der Waals surface area contributed by atoms with Crippen LogP contribution >= 0.6 is 0 Å². The molecule has 5 atom stereocenters. The molecule has 0 aromatic carbocycles. The first-order chi connectivity index (χ1) is 14.8. The molecule has 0 aromatic rings. The monoisotopic (exact) mass is 481 g/mol. The molecule has 0 aromatic heterocycles. The molecular formula is C21H40N2O5SiV. The minimum atomic E-state index is -0.654. The van der Waals surface area contributed by atoms with Crippen molar-refractivity contribution in [2.75, 3.05) is 26.3 Å². The third-order valence-electron chi connectivity index (χ3n) is 6.24. The maximum absolute atomic E-state index is 12.0. The van der Waals surface area contributed by atoms with E-state index in [0.29, 0.717) is 34.6 Å². The van der Waals surface area contributed by atoms with Gasteiger partial charge < -0.3 is 4.43 Å². The third-order valence-corrected chi connectivity index (χ3v) is 7.56. The Morgan fingerprint density at radius 2 is 2.07 bits per heavy atom. The Balaban J connectivity index is 2.18. The Morgan fingerprint density at radius 1 is 1.37 bits per heavy atom. The molecule has 1 aliphatic rings. The van der Waals surface area contributed by atoms with Gasteiger partial charge in [0.15, 0.2) is 0 Å². The van der Waals surface area contributed by atoms with Gasteiger partial charge in [-0.3, -0.25) is 0 Å². The van der Waals surface area contributed by atoms with Gasteiger partial charge in [-0.25, -0.2) is 0 Å². The second-order valence-electron chi connectivity index (χ2n) is 8.16. The van der Waals surface area contributed by atoms with Crippen molar-refractivity contribution in [2.24, 2.45) is 15.8 Å². The van der Waals surface area contributed by atoms with Crippen LogP contribution in [0.4, 0.5) is 0 Å². The summed E-state index contributed by atoms with van der Waals surface area (Å²) in [5, 5.41) is 2.90. The fourth-order valence-corrected chi connectivity index (χ4v) is 4.74. The van der Waals surface area contributed by atoms with Crippen molar-refractivity contribution in [3.63, 3.8) is 0 Å². The number of hydrogen-bond acceptors (Lipinski definition) is 6. The fourth-order valence-electron chi connectivity index (χ4n) is 3.43. The molecule has 0 bridgehead atoms. The number of rotatable bonds is 17. The minimum absolute atomic E-state index is 0.0381. The predicted molar refractivity (Wildman–Crippen MR) is 114 cm³/mol. The van der Waals surface area contributed by atoms with Crippen molar-refractivity contribution in [1.29, 1.82) is 0 Å². The van der Waals surface area contributed by atoms with Gasteiger partial charge in [-0.05, 0) is 24.8 Å². The van der Waals surface area contributed by atoms with Crippen LogP contribution in [0.15, 0.2) is 3.95 Å². The molecule has 0 saturated carbocycles. The average molecular weight is 482 g/mol. The SMILES string of the molecule is [3H]C1CC(OCC(=O)NCCCC[Si]OC(C)(C(C)CC)C(C)CC)C(CO[N]=[V])O1. The fraction of sp³-hybridized carbons (Fsp3) is 0.952. The second kappa shape index (κ2) is 15.7.